The van der Waals surface area contributed by atoms with Crippen molar-refractivity contribution >= 4 is 18.8 Å². The summed E-state index contributed by atoms with van der Waals surface area (Å²) in [6.07, 6.45) is 5.28. The Morgan fingerprint density at radius 1 is 1.35 bits per heavy atom. The first-order valence-electron chi connectivity index (χ1n) is 6.15. The van der Waals surface area contributed by atoms with Crippen molar-refractivity contribution in [3.05, 3.63) is 52.3 Å². The number of ether oxygens (including phenoxy) is 1. The topological polar surface area (TPSA) is 55.4 Å². The van der Waals surface area contributed by atoms with E-state index in [-0.39, 0.29) is 5.69 Å². The molecule has 0 saturated carbocycles. The number of nitro benzene ring substituents is 1. The van der Waals surface area contributed by atoms with Crippen LogP contribution in [0.3, 0.4) is 0 Å². The highest BCUT2D eigenvalue weighted by Crippen LogP contribution is 2.17. The second kappa shape index (κ2) is 7.44. The van der Waals surface area contributed by atoms with Gasteiger partial charge in [-0.25, -0.2) is 0 Å². The molecule has 0 radical (unpaired) electrons. The number of rotatable bonds is 3. The Hall–Kier alpha value is -2.83. The van der Waals surface area contributed by atoms with Gasteiger partial charge in [0.15, 0.2) is 5.76 Å². The molecule has 0 atom stereocenters. The van der Waals surface area contributed by atoms with Gasteiger partial charge in [-0.2, -0.15) is 4.58 Å². The van der Waals surface area contributed by atoms with Crippen molar-refractivity contribution < 1.29 is 31.5 Å². The summed E-state index contributed by atoms with van der Waals surface area (Å²) in [6, 6.07) is 6.13. The smallest absolute Gasteiger partial charge is 0.418 e. The average Bonchev–Trinajstić information content (AvgIpc) is 2.78. The van der Waals surface area contributed by atoms with Crippen LogP contribution in [0.25, 0.3) is 0 Å². The summed E-state index contributed by atoms with van der Waals surface area (Å²) in [6.45, 7) is 4.69. The van der Waals surface area contributed by atoms with Crippen LogP contribution in [0.4, 0.5) is 23.0 Å². The van der Waals surface area contributed by atoms with Crippen molar-refractivity contribution in [3.8, 4) is 12.3 Å². The third-order valence-electron chi connectivity index (χ3n) is 2.50. The van der Waals surface area contributed by atoms with E-state index in [1.165, 1.54) is 12.1 Å². The second-order valence-electron chi connectivity index (χ2n) is 4.30. The Morgan fingerprint density at radius 3 is 2.30 bits per heavy atom. The Kier molecular flexibility index (Phi) is 5.90. The van der Waals surface area contributed by atoms with E-state index in [0.717, 1.165) is 5.56 Å². The van der Waals surface area contributed by atoms with E-state index in [2.05, 4.69) is 12.5 Å². The molecule has 0 aliphatic carbocycles. The van der Waals surface area contributed by atoms with Gasteiger partial charge in [-0.15, -0.1) is 6.42 Å². The monoisotopic (exact) mass is 330 g/mol. The summed E-state index contributed by atoms with van der Waals surface area (Å²) in [5, 5.41) is 10.6. The third-order valence-corrected chi connectivity index (χ3v) is 2.50. The van der Waals surface area contributed by atoms with E-state index in [1.807, 2.05) is 4.58 Å². The van der Waals surface area contributed by atoms with E-state index < -0.39 is 12.2 Å². The highest BCUT2D eigenvalue weighted by atomic mass is 19.5. The van der Waals surface area contributed by atoms with Crippen molar-refractivity contribution in [1.82, 2.24) is 0 Å². The van der Waals surface area contributed by atoms with Gasteiger partial charge >= 0.3 is 13.2 Å². The summed E-state index contributed by atoms with van der Waals surface area (Å²) >= 11 is 0. The SMILES string of the molecule is C#CC[N+]1=C(c2ccc([N+](=O)[O-])cc2)OC(=C)C1.F[B-](F)(F)F. The zero-order valence-electron chi connectivity index (χ0n) is 11.7. The lowest BCUT2D eigenvalue weighted by Gasteiger charge is -1.98. The lowest BCUT2D eigenvalue weighted by molar-refractivity contribution is -0.501. The lowest BCUT2D eigenvalue weighted by Crippen LogP contribution is -2.17. The minimum absolute atomic E-state index is 0.0414. The van der Waals surface area contributed by atoms with Crippen molar-refractivity contribution in [1.29, 1.82) is 0 Å². The van der Waals surface area contributed by atoms with Crippen LogP contribution in [0.2, 0.25) is 0 Å². The van der Waals surface area contributed by atoms with Gasteiger partial charge in [-0.1, -0.05) is 6.58 Å². The number of non-ortho nitro benzene ring substituents is 1. The van der Waals surface area contributed by atoms with E-state index in [0.29, 0.717) is 24.7 Å². The first kappa shape index (κ1) is 18.2. The van der Waals surface area contributed by atoms with Crippen LogP contribution in [0, 0.1) is 22.5 Å². The van der Waals surface area contributed by atoms with E-state index in [1.54, 1.807) is 12.1 Å². The fourth-order valence-corrected chi connectivity index (χ4v) is 1.72. The van der Waals surface area contributed by atoms with Gasteiger partial charge in [0.2, 0.25) is 13.1 Å². The Bertz CT molecular complexity index is 672. The number of nitro groups is 1. The minimum Gasteiger partial charge on any atom is -0.418 e. The molecule has 1 aromatic rings. The number of hydrogen-bond acceptors (Lipinski definition) is 3. The molecular formula is C13H11BF4N2O3. The fourth-order valence-electron chi connectivity index (χ4n) is 1.72. The van der Waals surface area contributed by atoms with Crippen molar-refractivity contribution in [3.63, 3.8) is 0 Å². The molecule has 1 aromatic carbocycles. The highest BCUT2D eigenvalue weighted by molar-refractivity contribution is 6.50. The summed E-state index contributed by atoms with van der Waals surface area (Å²) in [4.78, 5) is 10.1. The molecule has 1 aliphatic rings. The predicted octanol–water partition coefficient (Wildman–Crippen LogP) is 2.83. The molecule has 2 rings (SSSR count). The zero-order chi connectivity index (χ0) is 17.6. The van der Waals surface area contributed by atoms with Crippen LogP contribution in [0.5, 0.6) is 0 Å². The van der Waals surface area contributed by atoms with Crippen molar-refractivity contribution in [2.75, 3.05) is 13.1 Å². The second-order valence-corrected chi connectivity index (χ2v) is 4.30. The Balaban J connectivity index is 0.000000463. The first-order valence-corrected chi connectivity index (χ1v) is 6.15. The van der Waals surface area contributed by atoms with Crippen LogP contribution < -0.4 is 0 Å². The minimum atomic E-state index is -6.00. The molecule has 0 spiro atoms. The predicted molar refractivity (Wildman–Crippen MR) is 76.4 cm³/mol. The Morgan fingerprint density at radius 2 is 1.87 bits per heavy atom. The maximum atomic E-state index is 10.6. The maximum Gasteiger partial charge on any atom is 0.673 e. The van der Waals surface area contributed by atoms with Gasteiger partial charge in [0.1, 0.15) is 0 Å². The summed E-state index contributed by atoms with van der Waals surface area (Å²) in [5.74, 6) is 3.74. The molecule has 0 unspecified atom stereocenters. The molecule has 0 saturated heterocycles. The van der Waals surface area contributed by atoms with Crippen LogP contribution in [-0.2, 0) is 4.74 Å². The quantitative estimate of drug-likeness (QED) is 0.214. The third kappa shape index (κ3) is 6.21. The van der Waals surface area contributed by atoms with Gasteiger partial charge in [0.25, 0.3) is 5.69 Å². The zero-order valence-corrected chi connectivity index (χ0v) is 11.7. The molecule has 1 aliphatic heterocycles. The fraction of sp³-hybridized carbons (Fsp3) is 0.154. The summed E-state index contributed by atoms with van der Waals surface area (Å²) in [7, 11) is -6.00. The normalized spacial score (nSPS) is 13.8. The molecule has 10 heteroatoms. The van der Waals surface area contributed by atoms with Crippen molar-refractivity contribution in [2.24, 2.45) is 0 Å². The summed E-state index contributed by atoms with van der Waals surface area (Å²) < 4.78 is 46.3. The molecule has 0 aromatic heterocycles. The molecule has 5 nitrogen and oxygen atoms in total. The van der Waals surface area contributed by atoms with Gasteiger partial charge in [-0.05, 0) is 18.1 Å². The van der Waals surface area contributed by atoms with E-state index in [4.69, 9.17) is 11.2 Å². The van der Waals surface area contributed by atoms with Gasteiger partial charge in [-0.3, -0.25) is 10.1 Å². The van der Waals surface area contributed by atoms with Crippen molar-refractivity contribution in [2.45, 2.75) is 0 Å². The van der Waals surface area contributed by atoms with E-state index in [9.17, 15) is 27.4 Å². The molecule has 0 bridgehead atoms. The van der Waals surface area contributed by atoms with Gasteiger partial charge in [0.05, 0.1) is 10.5 Å². The first-order chi connectivity index (χ1) is 10.6. The van der Waals surface area contributed by atoms with Gasteiger partial charge in [0, 0.05) is 12.1 Å². The lowest BCUT2D eigenvalue weighted by atomic mass is 10.2. The maximum absolute atomic E-state index is 10.6. The number of nitrogens with zero attached hydrogens (tertiary/aromatic N) is 2. The molecule has 0 N–H and O–H groups in total. The number of benzene rings is 1. The Labute approximate surface area is 129 Å². The van der Waals surface area contributed by atoms with Crippen LogP contribution in [0.1, 0.15) is 5.56 Å². The number of hydrogen-bond donors (Lipinski definition) is 0. The highest BCUT2D eigenvalue weighted by Gasteiger charge is 2.28. The van der Waals surface area contributed by atoms with Crippen LogP contribution >= 0.6 is 0 Å². The van der Waals surface area contributed by atoms with Crippen LogP contribution in [0.15, 0.2) is 36.6 Å². The largest absolute Gasteiger partial charge is 0.673 e. The molecule has 23 heavy (non-hydrogen) atoms. The molecule has 1 heterocycles. The van der Waals surface area contributed by atoms with Gasteiger partial charge < -0.3 is 22.0 Å². The summed E-state index contributed by atoms with van der Waals surface area (Å²) in [5.41, 5.74) is 0.786. The number of halogens is 4. The number of terminal acetylenes is 1. The molecule has 122 valence electrons. The van der Waals surface area contributed by atoms with Crippen LogP contribution in [-0.4, -0.2) is 35.7 Å². The standard InChI is InChI=1S/C13H11N2O3.BF4/c1-3-8-14-9-10(2)18-13(14)11-4-6-12(7-5-11)15(16)17;2-1(3,4)5/h1,4-7H,2,8-9H2;/q+1;-1. The average molecular weight is 330 g/mol. The molecule has 0 amide bonds. The van der Waals surface area contributed by atoms with E-state index >= 15 is 0 Å². The molecular weight excluding hydrogens is 319 g/mol. The molecule has 0 fully saturated rings.